The van der Waals surface area contributed by atoms with Gasteiger partial charge in [0.2, 0.25) is 5.91 Å². The van der Waals surface area contributed by atoms with Crippen LogP contribution in [-0.4, -0.2) is 63.7 Å². The Labute approximate surface area is 211 Å². The Morgan fingerprint density at radius 3 is 2.32 bits per heavy atom. The highest BCUT2D eigenvalue weighted by Crippen LogP contribution is 2.46. The summed E-state index contributed by atoms with van der Waals surface area (Å²) in [5.74, 6) is -1.61. The highest BCUT2D eigenvalue weighted by molar-refractivity contribution is 5.92. The fourth-order valence-corrected chi connectivity index (χ4v) is 4.74. The van der Waals surface area contributed by atoms with E-state index in [0.717, 1.165) is 43.4 Å². The van der Waals surface area contributed by atoms with Crippen LogP contribution in [0.5, 0.6) is 5.75 Å². The second-order valence-electron chi connectivity index (χ2n) is 9.58. The maximum absolute atomic E-state index is 12.8. The number of nitrogens with one attached hydrogen (secondary N) is 1. The zero-order valence-corrected chi connectivity index (χ0v) is 20.0. The third kappa shape index (κ3) is 6.78. The molecule has 1 aromatic carbocycles. The Kier molecular flexibility index (Phi) is 7.70. The molecule has 0 bridgehead atoms. The molecule has 1 aromatic heterocycles. The summed E-state index contributed by atoms with van der Waals surface area (Å²) < 4.78 is 38.3. The Balaban J connectivity index is 0.000000405. The molecule has 1 saturated heterocycles. The highest BCUT2D eigenvalue weighted by atomic mass is 19.4. The van der Waals surface area contributed by atoms with Crippen molar-refractivity contribution in [2.24, 2.45) is 0 Å². The van der Waals surface area contributed by atoms with E-state index in [4.69, 9.17) is 14.6 Å². The quantitative estimate of drug-likeness (QED) is 0.634. The number of alkyl halides is 3. The van der Waals surface area contributed by atoms with Crippen molar-refractivity contribution in [3.05, 3.63) is 59.9 Å². The van der Waals surface area contributed by atoms with Gasteiger partial charge in [-0.25, -0.2) is 4.79 Å². The summed E-state index contributed by atoms with van der Waals surface area (Å²) in [6, 6.07) is 13.9. The van der Waals surface area contributed by atoms with E-state index in [0.29, 0.717) is 31.2 Å². The summed E-state index contributed by atoms with van der Waals surface area (Å²) in [6.07, 6.45) is 1.60. The van der Waals surface area contributed by atoms with Crippen LogP contribution in [0, 0.1) is 0 Å². The molecule has 2 amide bonds. The van der Waals surface area contributed by atoms with Gasteiger partial charge in [0.15, 0.2) is 0 Å². The van der Waals surface area contributed by atoms with E-state index in [1.165, 1.54) is 0 Å². The van der Waals surface area contributed by atoms with Gasteiger partial charge >= 0.3 is 12.1 Å². The number of hydrogen-bond acceptors (Lipinski definition) is 5. The number of carbonyl (C=O) groups is 3. The number of carbonyl (C=O) groups excluding carboxylic acids is 2. The van der Waals surface area contributed by atoms with Crippen LogP contribution in [0.2, 0.25) is 0 Å². The Morgan fingerprint density at radius 1 is 1.08 bits per heavy atom. The molecule has 1 saturated carbocycles. The van der Waals surface area contributed by atoms with E-state index in [-0.39, 0.29) is 23.3 Å². The normalized spacial score (nSPS) is 20.1. The average Bonchev–Trinajstić information content (AvgIpc) is 3.68. The Bertz CT molecular complexity index is 1130. The second kappa shape index (κ2) is 10.8. The molecule has 0 radical (unpaired) electrons. The number of piperidine rings is 1. The van der Waals surface area contributed by atoms with Gasteiger partial charge in [0, 0.05) is 50.5 Å². The lowest BCUT2D eigenvalue weighted by Crippen LogP contribution is -2.52. The zero-order valence-electron chi connectivity index (χ0n) is 20.0. The van der Waals surface area contributed by atoms with Crippen LogP contribution in [0.1, 0.15) is 60.5 Å². The topological polar surface area (TPSA) is 109 Å². The van der Waals surface area contributed by atoms with E-state index >= 15 is 0 Å². The molecule has 2 aromatic rings. The second-order valence-corrected chi connectivity index (χ2v) is 9.58. The molecule has 3 heterocycles. The van der Waals surface area contributed by atoms with E-state index in [9.17, 15) is 22.8 Å². The molecule has 8 nitrogen and oxygen atoms in total. The van der Waals surface area contributed by atoms with Crippen LogP contribution in [0.3, 0.4) is 0 Å². The van der Waals surface area contributed by atoms with Gasteiger partial charge in [0.1, 0.15) is 17.0 Å². The minimum absolute atomic E-state index is 0.0259. The molecule has 11 heteroatoms. The predicted molar refractivity (Wildman–Crippen MR) is 126 cm³/mol. The first kappa shape index (κ1) is 26.4. The van der Waals surface area contributed by atoms with Gasteiger partial charge in [-0.3, -0.25) is 14.6 Å². The van der Waals surface area contributed by atoms with Gasteiger partial charge in [0.05, 0.1) is 0 Å². The first-order chi connectivity index (χ1) is 17.6. The zero-order chi connectivity index (χ0) is 26.6. The number of aromatic nitrogens is 1. The largest absolute Gasteiger partial charge is 0.490 e. The van der Waals surface area contributed by atoms with Crippen LogP contribution in [0.25, 0.3) is 0 Å². The fraction of sp³-hybridized carbons (Fsp3) is 0.462. The third-order valence-electron chi connectivity index (χ3n) is 6.77. The summed E-state index contributed by atoms with van der Waals surface area (Å²) >= 11 is 0. The summed E-state index contributed by atoms with van der Waals surface area (Å²) in [4.78, 5) is 40.2. The number of para-hydroxylation sites is 1. The molecule has 5 rings (SSSR count). The predicted octanol–water partition coefficient (Wildman–Crippen LogP) is 3.92. The molecule has 198 valence electrons. The number of hydrogen-bond donors (Lipinski definition) is 2. The lowest BCUT2D eigenvalue weighted by molar-refractivity contribution is -0.192. The molecule has 2 N–H and O–H groups in total. The van der Waals surface area contributed by atoms with E-state index < -0.39 is 12.1 Å². The lowest BCUT2D eigenvalue weighted by atomic mass is 9.76. The van der Waals surface area contributed by atoms with Crippen molar-refractivity contribution >= 4 is 17.8 Å². The van der Waals surface area contributed by atoms with E-state index in [2.05, 4.69) is 16.4 Å². The van der Waals surface area contributed by atoms with Crippen molar-refractivity contribution in [1.29, 1.82) is 0 Å². The number of aliphatic carboxylic acids is 1. The van der Waals surface area contributed by atoms with Crippen molar-refractivity contribution in [3.63, 3.8) is 0 Å². The number of pyridine rings is 1. The maximum atomic E-state index is 12.8. The number of nitrogens with zero attached hydrogens (tertiary/aromatic N) is 2. The molecule has 2 fully saturated rings. The van der Waals surface area contributed by atoms with Crippen molar-refractivity contribution in [2.75, 3.05) is 13.1 Å². The minimum atomic E-state index is -5.08. The molecule has 1 aliphatic carbocycles. The number of fused-ring (bicyclic) bond motifs is 1. The molecule has 1 atom stereocenters. The Hall–Kier alpha value is -3.63. The number of ether oxygens (including phenoxy) is 1. The van der Waals surface area contributed by atoms with Crippen LogP contribution in [0.15, 0.2) is 48.7 Å². The van der Waals surface area contributed by atoms with Crippen molar-refractivity contribution in [3.8, 4) is 5.75 Å². The fourth-order valence-electron chi connectivity index (χ4n) is 4.74. The van der Waals surface area contributed by atoms with Gasteiger partial charge in [-0.1, -0.05) is 24.3 Å². The number of carboxylic acids is 1. The number of rotatable bonds is 4. The van der Waals surface area contributed by atoms with E-state index in [1.54, 1.807) is 12.3 Å². The Morgan fingerprint density at radius 2 is 1.73 bits per heavy atom. The number of amides is 2. The van der Waals surface area contributed by atoms with Gasteiger partial charge in [-0.2, -0.15) is 13.2 Å². The summed E-state index contributed by atoms with van der Waals surface area (Å²) in [6.45, 7) is 1.27. The van der Waals surface area contributed by atoms with Crippen LogP contribution in [0.4, 0.5) is 13.2 Å². The molecule has 1 spiro atoms. The number of carboxylic acid groups (broad SMARTS) is 1. The third-order valence-corrected chi connectivity index (χ3v) is 6.77. The number of likely N-dealkylation sites (tertiary alicyclic amines) is 1. The summed E-state index contributed by atoms with van der Waals surface area (Å²) in [7, 11) is 0. The van der Waals surface area contributed by atoms with Crippen LogP contribution < -0.4 is 10.1 Å². The standard InChI is InChI=1S/C24H27N3O3.C2HF3O2/c28-22(26-18-8-9-18)15-17-16-24(30-21-7-2-1-5-19(17)21)10-13-27(14-11-24)23(29)20-6-3-4-12-25-20;3-2(4,5)1(6)7/h1-7,12,17-18H,8-11,13-16H2,(H,26,28);(H,6,7). The van der Waals surface area contributed by atoms with Gasteiger partial charge in [0.25, 0.3) is 5.91 Å². The summed E-state index contributed by atoms with van der Waals surface area (Å²) in [5, 5.41) is 10.2. The molecular formula is C26H28F3N3O5. The molecule has 1 unspecified atom stereocenters. The molecule has 37 heavy (non-hydrogen) atoms. The average molecular weight is 520 g/mol. The smallest absolute Gasteiger partial charge is 0.487 e. The number of benzene rings is 1. The molecule has 3 aliphatic rings. The lowest BCUT2D eigenvalue weighted by Gasteiger charge is -2.46. The van der Waals surface area contributed by atoms with Crippen molar-refractivity contribution in [2.45, 2.75) is 62.3 Å². The first-order valence-electron chi connectivity index (χ1n) is 12.1. The maximum Gasteiger partial charge on any atom is 0.490 e. The van der Waals surface area contributed by atoms with Gasteiger partial charge < -0.3 is 20.1 Å². The monoisotopic (exact) mass is 519 g/mol. The summed E-state index contributed by atoms with van der Waals surface area (Å²) in [5.41, 5.74) is 1.29. The van der Waals surface area contributed by atoms with Gasteiger partial charge in [-0.15, -0.1) is 0 Å². The minimum Gasteiger partial charge on any atom is -0.487 e. The van der Waals surface area contributed by atoms with Crippen LogP contribution >= 0.6 is 0 Å². The van der Waals surface area contributed by atoms with Crippen molar-refractivity contribution < 1.29 is 37.4 Å². The number of halogens is 3. The van der Waals surface area contributed by atoms with Crippen LogP contribution in [-0.2, 0) is 9.59 Å². The first-order valence-corrected chi connectivity index (χ1v) is 12.1. The van der Waals surface area contributed by atoms with E-state index in [1.807, 2.05) is 35.2 Å². The van der Waals surface area contributed by atoms with Crippen molar-refractivity contribution in [1.82, 2.24) is 15.2 Å². The van der Waals surface area contributed by atoms with Gasteiger partial charge in [-0.05, 0) is 43.0 Å². The molecular weight excluding hydrogens is 491 g/mol. The highest BCUT2D eigenvalue weighted by Gasteiger charge is 2.44. The SMILES string of the molecule is O=C(CC1CC2(CCN(C(=O)c3ccccn3)CC2)Oc2ccccc21)NC1CC1.O=C(O)C(F)(F)F. The molecule has 2 aliphatic heterocycles.